The Labute approximate surface area is 504 Å². The van der Waals surface area contributed by atoms with Crippen LogP contribution in [0.3, 0.4) is 0 Å². The molecule has 3 aliphatic rings. The highest BCUT2D eigenvalue weighted by Gasteiger charge is 2.42. The number of rotatable bonds is 6. The minimum absolute atomic E-state index is 0.0451. The molecular weight excluding hydrogens is 1150 g/mol. The maximum atomic E-state index is 14.7. The summed E-state index contributed by atoms with van der Waals surface area (Å²) in [7, 11) is 5.10. The van der Waals surface area contributed by atoms with Gasteiger partial charge in [-0.1, -0.05) is 52.0 Å². The molecule has 2 aromatic carbocycles. The van der Waals surface area contributed by atoms with Crippen molar-refractivity contribution in [3.05, 3.63) is 80.6 Å². The summed E-state index contributed by atoms with van der Waals surface area (Å²) in [4.78, 5) is 215. The SMILES string of the molecule is CC(C)[C@H]1C(=O)OC[C@@H](NC(=O)c2nc3ccccc3[nH]c2=O)C(=O)N2CCCC[C@H]2C(=O)NCC(=O)N(C)CC(=O)N(C)[C@@H](C(C)C)C(=O)OC[C@@H](NC(=O)c2nc3ccccc3[nH]c2=O)C(=O)N2CCCC[C@H]2C(=O)NCC(=O)N(C)CC(=O)N1C. The zero-order valence-electron chi connectivity index (χ0n) is 50.2. The van der Waals surface area contributed by atoms with E-state index >= 15 is 0 Å². The maximum absolute atomic E-state index is 14.7. The summed E-state index contributed by atoms with van der Waals surface area (Å²) in [5.41, 5.74) is -2.01. The van der Waals surface area contributed by atoms with Crippen LogP contribution in [-0.4, -0.2) is 237 Å². The standard InChI is InChI=1S/C58H74N14O16/c1-31(2)47-57(85)87-29-37(65-53(81)45-51(79)63-35-19-11-9-17-33(35)61-45)55(83)71-23-15-13-21-39(71)49(77)60-26-42(74)68(6)28-44(76)70(8)48(32(3)4)58(86)88-30-38(66-54(82)46-52(80)64-36-20-12-10-18-34(36)62-46)56(84)72-24-16-14-22-40(72)50(78)59-25-41(73)67(5)27-43(75)69(47)7/h9-12,17-20,31-32,37-40,47-48H,13-16,21-30H2,1-8H3,(H,59,78)(H,60,77)(H,63,79)(H,64,80)(H,65,81)(H,66,82)/t37-,38-,39+,40+,47+,48+/m1/s1. The van der Waals surface area contributed by atoms with Gasteiger partial charge in [0.2, 0.25) is 47.3 Å². The Balaban J connectivity index is 1.17. The third-order valence-corrected chi connectivity index (χ3v) is 15.6. The minimum Gasteiger partial charge on any atom is -0.461 e. The van der Waals surface area contributed by atoms with Crippen molar-refractivity contribution < 1.29 is 67.0 Å². The number of benzene rings is 2. The number of piperidine rings is 2. The minimum atomic E-state index is -1.77. The lowest BCUT2D eigenvalue weighted by Gasteiger charge is -2.37. The van der Waals surface area contributed by atoms with Crippen LogP contribution in [0.1, 0.15) is 87.2 Å². The highest BCUT2D eigenvalue weighted by atomic mass is 16.5. The summed E-state index contributed by atoms with van der Waals surface area (Å²) in [6, 6.07) is 3.95. The second-order valence-corrected chi connectivity index (χ2v) is 22.6. The lowest BCUT2D eigenvalue weighted by molar-refractivity contribution is -0.159. The number of hydrogen-bond acceptors (Lipinski definition) is 18. The molecular formula is C58H74N14O16. The Kier molecular flexibility index (Phi) is 21.8. The van der Waals surface area contributed by atoms with E-state index in [4.69, 9.17) is 9.47 Å². The van der Waals surface area contributed by atoms with Gasteiger partial charge in [0, 0.05) is 41.3 Å². The molecule has 30 nitrogen and oxygen atoms in total. The zero-order valence-corrected chi connectivity index (χ0v) is 50.2. The van der Waals surface area contributed by atoms with E-state index in [0.717, 1.165) is 29.4 Å². The van der Waals surface area contributed by atoms with Crippen LogP contribution < -0.4 is 32.4 Å². The number of carbonyl (C=O) groups is 12. The first kappa shape index (κ1) is 65.9. The lowest BCUT2D eigenvalue weighted by Crippen LogP contribution is -2.60. The number of para-hydroxylation sites is 4. The molecule has 5 heterocycles. The molecule has 0 aliphatic carbocycles. The molecule has 3 saturated heterocycles. The first-order valence-electron chi connectivity index (χ1n) is 28.9. The van der Waals surface area contributed by atoms with Gasteiger partial charge in [-0.2, -0.15) is 0 Å². The molecule has 6 atom stereocenters. The molecule has 0 unspecified atom stereocenters. The second-order valence-electron chi connectivity index (χ2n) is 22.6. The Morgan fingerprint density at radius 2 is 0.886 bits per heavy atom. The van der Waals surface area contributed by atoms with E-state index in [9.17, 15) is 67.1 Å². The number of nitrogens with zero attached hydrogens (tertiary/aromatic N) is 8. The summed E-state index contributed by atoms with van der Waals surface area (Å²) < 4.78 is 11.4. The van der Waals surface area contributed by atoms with Gasteiger partial charge in [0.25, 0.3) is 22.9 Å². The smallest absolute Gasteiger partial charge is 0.329 e. The third kappa shape index (κ3) is 15.7. The van der Waals surface area contributed by atoms with Crippen molar-refractivity contribution in [2.75, 3.05) is 80.7 Å². The molecule has 88 heavy (non-hydrogen) atoms. The van der Waals surface area contributed by atoms with Gasteiger partial charge < -0.3 is 70.1 Å². The number of H-pyrrole nitrogens is 2. The fourth-order valence-corrected chi connectivity index (χ4v) is 10.7. The number of carbonyl (C=O) groups excluding carboxylic acids is 12. The predicted octanol–water partition coefficient (Wildman–Crippen LogP) is -1.97. The van der Waals surface area contributed by atoms with E-state index in [2.05, 4.69) is 41.2 Å². The summed E-state index contributed by atoms with van der Waals surface area (Å²) in [5.74, 6) is -12.2. The fraction of sp³-hybridized carbons (Fsp3) is 0.517. The number of esters is 2. The fourth-order valence-electron chi connectivity index (χ4n) is 10.7. The molecule has 0 spiro atoms. The molecule has 30 heteroatoms. The zero-order chi connectivity index (χ0) is 64.3. The van der Waals surface area contributed by atoms with Crippen molar-refractivity contribution in [1.82, 2.24) is 70.6 Å². The van der Waals surface area contributed by atoms with Crippen LogP contribution in [0.2, 0.25) is 0 Å². The van der Waals surface area contributed by atoms with Gasteiger partial charge in [0.15, 0.2) is 11.4 Å². The van der Waals surface area contributed by atoms with Crippen molar-refractivity contribution >= 4 is 93.1 Å². The predicted molar refractivity (Wildman–Crippen MR) is 312 cm³/mol. The maximum Gasteiger partial charge on any atom is 0.329 e. The van der Waals surface area contributed by atoms with Gasteiger partial charge in [-0.25, -0.2) is 19.6 Å². The van der Waals surface area contributed by atoms with Crippen molar-refractivity contribution in [2.45, 2.75) is 102 Å². The van der Waals surface area contributed by atoms with Gasteiger partial charge in [-0.05, 0) is 74.6 Å². The topological polar surface area (TPSA) is 382 Å². The number of fused-ring (bicyclic) bond motifs is 4. The number of cyclic esters (lactones) is 2. The summed E-state index contributed by atoms with van der Waals surface area (Å²) in [6.45, 7) is 1.93. The van der Waals surface area contributed by atoms with Gasteiger partial charge in [0.1, 0.15) is 49.5 Å². The molecule has 0 saturated carbocycles. The van der Waals surface area contributed by atoms with Crippen LogP contribution in [-0.2, 0) is 57.4 Å². The number of amides is 10. The molecule has 0 bridgehead atoms. The highest BCUT2D eigenvalue weighted by molar-refractivity contribution is 6.01. The van der Waals surface area contributed by atoms with Gasteiger partial charge in [-0.3, -0.25) is 57.5 Å². The summed E-state index contributed by atoms with van der Waals surface area (Å²) in [5, 5.41) is 9.94. The van der Waals surface area contributed by atoms with Gasteiger partial charge >= 0.3 is 11.9 Å². The quantitative estimate of drug-likeness (QED) is 0.114. The number of ether oxygens (including phenoxy) is 2. The van der Waals surface area contributed by atoms with Gasteiger partial charge in [-0.15, -0.1) is 0 Å². The van der Waals surface area contributed by atoms with Crippen molar-refractivity contribution in [3.63, 3.8) is 0 Å². The first-order valence-corrected chi connectivity index (χ1v) is 28.9. The van der Waals surface area contributed by atoms with Gasteiger partial charge in [0.05, 0.1) is 48.2 Å². The van der Waals surface area contributed by atoms with Crippen LogP contribution in [0.25, 0.3) is 22.1 Å². The van der Waals surface area contributed by atoms with E-state index < -0.39 is 181 Å². The Morgan fingerprint density at radius 3 is 1.25 bits per heavy atom. The normalized spacial score (nSPS) is 23.0. The summed E-state index contributed by atoms with van der Waals surface area (Å²) >= 11 is 0. The number of aromatic amines is 2. The van der Waals surface area contributed by atoms with Crippen molar-refractivity contribution in [3.8, 4) is 0 Å². The average Bonchev–Trinajstić information content (AvgIpc) is 2.06. The number of hydrogen-bond donors (Lipinski definition) is 6. The second kappa shape index (κ2) is 29.2. The van der Waals surface area contributed by atoms with Crippen LogP contribution >= 0.6 is 0 Å². The average molecular weight is 1220 g/mol. The molecule has 3 fully saturated rings. The molecule has 10 amide bonds. The molecule has 472 valence electrons. The molecule has 0 radical (unpaired) electrons. The Bertz CT molecular complexity index is 3270. The largest absolute Gasteiger partial charge is 0.461 e. The molecule has 7 rings (SSSR count). The Morgan fingerprint density at radius 1 is 0.523 bits per heavy atom. The van der Waals surface area contributed by atoms with E-state index in [-0.39, 0.29) is 37.0 Å². The van der Waals surface area contributed by atoms with Crippen LogP contribution in [0.15, 0.2) is 58.1 Å². The summed E-state index contributed by atoms with van der Waals surface area (Å²) in [6.07, 6.45) is 1.82. The molecule has 6 N–H and O–H groups in total. The molecule has 4 aromatic rings. The molecule has 3 aliphatic heterocycles. The van der Waals surface area contributed by atoms with Crippen molar-refractivity contribution in [2.24, 2.45) is 11.8 Å². The lowest BCUT2D eigenvalue weighted by atomic mass is 10.00. The van der Waals surface area contributed by atoms with E-state index in [0.29, 0.717) is 36.7 Å². The highest BCUT2D eigenvalue weighted by Crippen LogP contribution is 2.22. The Hall–Kier alpha value is -9.64. The van der Waals surface area contributed by atoms with Crippen LogP contribution in [0.5, 0.6) is 0 Å². The van der Waals surface area contributed by atoms with Crippen LogP contribution in [0, 0.1) is 11.8 Å². The van der Waals surface area contributed by atoms with E-state index in [1.165, 1.54) is 40.3 Å². The van der Waals surface area contributed by atoms with Crippen molar-refractivity contribution in [1.29, 1.82) is 0 Å². The van der Waals surface area contributed by atoms with E-state index in [1.807, 2.05) is 0 Å². The van der Waals surface area contributed by atoms with E-state index in [1.54, 1.807) is 64.1 Å². The monoisotopic (exact) mass is 1220 g/mol. The first-order chi connectivity index (χ1) is 41.8. The molecule has 2 aromatic heterocycles. The third-order valence-electron chi connectivity index (χ3n) is 15.6. The van der Waals surface area contributed by atoms with Crippen LogP contribution in [0.4, 0.5) is 0 Å². The number of nitrogens with one attached hydrogen (secondary N) is 6. The number of likely N-dealkylation sites (N-methyl/N-ethyl adjacent to an activating group) is 4. The number of aromatic nitrogens is 4.